The van der Waals surface area contributed by atoms with Crippen LogP contribution in [0.5, 0.6) is 0 Å². The highest BCUT2D eigenvalue weighted by Gasteiger charge is 2.28. The van der Waals surface area contributed by atoms with E-state index in [4.69, 9.17) is 14.4 Å². The third kappa shape index (κ3) is 4.54. The quantitative estimate of drug-likeness (QED) is 0.288. The lowest BCUT2D eigenvalue weighted by molar-refractivity contribution is 0.153. The first-order valence-corrected chi connectivity index (χ1v) is 11.4. The largest absolute Gasteiger partial charge is 0.445 e. The Kier molecular flexibility index (Phi) is 6.56. The van der Waals surface area contributed by atoms with Crippen molar-refractivity contribution in [3.05, 3.63) is 102 Å². The first kappa shape index (κ1) is 22.5. The molecule has 0 radical (unpaired) electrons. The number of aromatic nitrogens is 4. The number of oxazole rings is 1. The second-order valence-electron chi connectivity index (χ2n) is 8.60. The highest BCUT2D eigenvalue weighted by molar-refractivity contribution is 8.93. The van der Waals surface area contributed by atoms with E-state index in [1.54, 1.807) is 12.5 Å². The summed E-state index contributed by atoms with van der Waals surface area (Å²) in [5.74, 6) is 1.63. The lowest BCUT2D eigenvalue weighted by Gasteiger charge is -2.34. The molecule has 0 saturated heterocycles. The molecule has 1 aliphatic rings. The minimum Gasteiger partial charge on any atom is -0.445 e. The van der Waals surface area contributed by atoms with E-state index < -0.39 is 0 Å². The van der Waals surface area contributed by atoms with Crippen molar-refractivity contribution < 1.29 is 4.42 Å². The summed E-state index contributed by atoms with van der Waals surface area (Å²) < 4.78 is 5.44. The Bertz CT molecular complexity index is 1330. The van der Waals surface area contributed by atoms with Crippen molar-refractivity contribution in [1.82, 2.24) is 24.8 Å². The fourth-order valence-electron chi connectivity index (χ4n) is 4.84. The molecule has 34 heavy (non-hydrogen) atoms. The molecule has 1 atom stereocenters. The zero-order valence-electron chi connectivity index (χ0n) is 18.7. The van der Waals surface area contributed by atoms with Gasteiger partial charge in [0.2, 0.25) is 5.89 Å². The van der Waals surface area contributed by atoms with Gasteiger partial charge < -0.3 is 9.40 Å². The number of pyridine rings is 1. The van der Waals surface area contributed by atoms with E-state index >= 15 is 0 Å². The topological polar surface area (TPSA) is 70.8 Å². The van der Waals surface area contributed by atoms with Crippen LogP contribution in [0.15, 0.2) is 83.7 Å². The summed E-state index contributed by atoms with van der Waals surface area (Å²) in [6, 6.07) is 21.2. The maximum Gasteiger partial charge on any atom is 0.225 e. The molecule has 6 nitrogen and oxygen atoms in total. The van der Waals surface area contributed by atoms with Crippen LogP contribution in [0.2, 0.25) is 0 Å². The van der Waals surface area contributed by atoms with Crippen molar-refractivity contribution in [1.29, 1.82) is 0 Å². The molecule has 6 rings (SSSR count). The molecule has 0 spiro atoms. The van der Waals surface area contributed by atoms with Crippen molar-refractivity contribution in [2.75, 3.05) is 0 Å². The Balaban J connectivity index is 0.00000241. The van der Waals surface area contributed by atoms with Gasteiger partial charge in [-0.25, -0.2) is 9.97 Å². The molecular weight excluding hydrogens is 490 g/mol. The number of H-pyrrole nitrogens is 1. The molecule has 1 N–H and O–H groups in total. The lowest BCUT2D eigenvalue weighted by Crippen LogP contribution is -2.31. The molecule has 3 aromatic heterocycles. The molecule has 0 amide bonds. The highest BCUT2D eigenvalue weighted by Crippen LogP contribution is 2.35. The Morgan fingerprint density at radius 2 is 1.82 bits per heavy atom. The molecule has 172 valence electrons. The van der Waals surface area contributed by atoms with Crippen molar-refractivity contribution in [2.24, 2.45) is 0 Å². The molecular formula is C27H26BrN5O. The van der Waals surface area contributed by atoms with E-state index in [2.05, 4.69) is 57.3 Å². The molecule has 0 bridgehead atoms. The summed E-state index contributed by atoms with van der Waals surface area (Å²) in [7, 11) is 0. The van der Waals surface area contributed by atoms with Crippen LogP contribution in [-0.2, 0) is 19.5 Å². The molecule has 0 saturated carbocycles. The monoisotopic (exact) mass is 515 g/mol. The summed E-state index contributed by atoms with van der Waals surface area (Å²) in [6.45, 7) is 1.54. The minimum absolute atomic E-state index is 0. The Hall–Kier alpha value is -3.29. The van der Waals surface area contributed by atoms with Crippen LogP contribution >= 0.6 is 17.0 Å². The number of halogens is 1. The lowest BCUT2D eigenvalue weighted by atomic mass is 9.90. The predicted octanol–water partition coefficient (Wildman–Crippen LogP) is 6.27. The average Bonchev–Trinajstić information content (AvgIpc) is 3.54. The number of nitrogens with one attached hydrogen (secondary N) is 1. The van der Waals surface area contributed by atoms with Gasteiger partial charge >= 0.3 is 0 Å². The number of nitrogens with zero attached hydrogens (tertiary/aromatic N) is 4. The van der Waals surface area contributed by atoms with Crippen LogP contribution in [-0.4, -0.2) is 24.8 Å². The molecule has 7 heteroatoms. The first-order valence-electron chi connectivity index (χ1n) is 11.4. The van der Waals surface area contributed by atoms with Gasteiger partial charge in [-0.3, -0.25) is 9.88 Å². The van der Waals surface area contributed by atoms with Crippen LogP contribution in [0.4, 0.5) is 0 Å². The number of benzene rings is 2. The first-order chi connectivity index (χ1) is 16.3. The normalized spacial score (nSPS) is 15.3. The summed E-state index contributed by atoms with van der Waals surface area (Å²) in [5.41, 5.74) is 6.87. The van der Waals surface area contributed by atoms with Crippen LogP contribution in [0.1, 0.15) is 41.5 Å². The molecule has 2 aromatic carbocycles. The highest BCUT2D eigenvalue weighted by atomic mass is 79.9. The molecule has 1 unspecified atom stereocenters. The summed E-state index contributed by atoms with van der Waals surface area (Å²) in [4.78, 5) is 19.9. The number of hydrogen-bond donors (Lipinski definition) is 1. The number of para-hydroxylation sites is 2. The molecule has 0 fully saturated rings. The number of aryl methyl sites for hydroxylation is 1. The van der Waals surface area contributed by atoms with Gasteiger partial charge in [-0.1, -0.05) is 30.3 Å². The fourth-order valence-corrected chi connectivity index (χ4v) is 4.84. The van der Waals surface area contributed by atoms with Crippen molar-refractivity contribution in [3.8, 4) is 11.5 Å². The Morgan fingerprint density at radius 1 is 0.941 bits per heavy atom. The van der Waals surface area contributed by atoms with Gasteiger partial charge in [0.15, 0.2) is 0 Å². The van der Waals surface area contributed by atoms with E-state index in [0.29, 0.717) is 5.89 Å². The molecule has 5 aromatic rings. The second kappa shape index (κ2) is 9.91. The second-order valence-corrected chi connectivity index (χ2v) is 8.60. The van der Waals surface area contributed by atoms with Gasteiger partial charge in [0.1, 0.15) is 12.1 Å². The van der Waals surface area contributed by atoms with Gasteiger partial charge in [-0.15, -0.1) is 17.0 Å². The van der Waals surface area contributed by atoms with Crippen LogP contribution in [0, 0.1) is 0 Å². The van der Waals surface area contributed by atoms with Crippen LogP contribution in [0.3, 0.4) is 0 Å². The van der Waals surface area contributed by atoms with E-state index in [9.17, 15) is 0 Å². The fraction of sp³-hybridized carbons (Fsp3) is 0.222. The SMILES string of the molecule is Br.c1cnc2c(c1)CCCC2N(Cc1ccc(-c2ncco2)cc1)Cc1nc2ccccc2[nH]1. The molecule has 0 aliphatic heterocycles. The van der Waals surface area contributed by atoms with Crippen molar-refractivity contribution in [3.63, 3.8) is 0 Å². The third-order valence-electron chi connectivity index (χ3n) is 6.42. The number of aromatic amines is 1. The average molecular weight is 516 g/mol. The van der Waals surface area contributed by atoms with Crippen molar-refractivity contribution >= 4 is 28.0 Å². The van der Waals surface area contributed by atoms with Gasteiger partial charge in [0.05, 0.1) is 35.5 Å². The maximum atomic E-state index is 5.44. The number of rotatable bonds is 6. The molecule has 1 aliphatic carbocycles. The standard InChI is InChI=1S/C27H25N5O.BrH/c1-2-8-23-22(7-1)30-25(31-23)18-32(24-9-3-5-20-6-4-14-28-26(20)24)17-19-10-12-21(13-11-19)27-29-15-16-33-27;/h1-2,4,6-8,10-16,24H,3,5,9,17-18H2,(H,30,31);1H. The smallest absolute Gasteiger partial charge is 0.225 e. The van der Waals surface area contributed by atoms with E-state index in [1.165, 1.54) is 23.2 Å². The molecule has 3 heterocycles. The Labute approximate surface area is 208 Å². The Morgan fingerprint density at radius 3 is 2.65 bits per heavy atom. The number of fused-ring (bicyclic) bond motifs is 2. The van der Waals surface area contributed by atoms with Crippen LogP contribution < -0.4 is 0 Å². The van der Waals surface area contributed by atoms with Crippen molar-refractivity contribution in [2.45, 2.75) is 38.4 Å². The zero-order chi connectivity index (χ0) is 22.0. The van der Waals surface area contributed by atoms with Gasteiger partial charge in [0.25, 0.3) is 0 Å². The zero-order valence-corrected chi connectivity index (χ0v) is 20.4. The van der Waals surface area contributed by atoms with Gasteiger partial charge in [-0.2, -0.15) is 0 Å². The number of hydrogen-bond acceptors (Lipinski definition) is 5. The summed E-state index contributed by atoms with van der Waals surface area (Å²) >= 11 is 0. The van der Waals surface area contributed by atoms with E-state index in [-0.39, 0.29) is 23.0 Å². The maximum absolute atomic E-state index is 5.44. The predicted molar refractivity (Wildman–Crippen MR) is 138 cm³/mol. The van der Waals surface area contributed by atoms with E-state index in [0.717, 1.165) is 48.4 Å². The van der Waals surface area contributed by atoms with Crippen LogP contribution in [0.25, 0.3) is 22.5 Å². The minimum atomic E-state index is 0. The van der Waals surface area contributed by atoms with E-state index in [1.807, 2.05) is 24.4 Å². The van der Waals surface area contributed by atoms with Gasteiger partial charge in [0, 0.05) is 18.3 Å². The number of imidazole rings is 1. The third-order valence-corrected chi connectivity index (χ3v) is 6.42. The summed E-state index contributed by atoms with van der Waals surface area (Å²) in [5, 5.41) is 0. The van der Waals surface area contributed by atoms with Gasteiger partial charge in [-0.05, 0) is 60.7 Å². The summed E-state index contributed by atoms with van der Waals surface area (Å²) in [6.07, 6.45) is 8.56.